The van der Waals surface area contributed by atoms with Gasteiger partial charge < -0.3 is 23.9 Å². The highest BCUT2D eigenvalue weighted by Gasteiger charge is 2.17. The minimum Gasteiger partial charge on any atom is -0.487 e. The molecule has 1 aliphatic rings. The molecule has 7 nitrogen and oxygen atoms in total. The van der Waals surface area contributed by atoms with Crippen LogP contribution in [0, 0.1) is 6.92 Å². The van der Waals surface area contributed by atoms with Gasteiger partial charge in [0.2, 0.25) is 5.89 Å². The summed E-state index contributed by atoms with van der Waals surface area (Å²) in [7, 11) is 0. The van der Waals surface area contributed by atoms with Gasteiger partial charge in [0.25, 0.3) is 5.91 Å². The largest absolute Gasteiger partial charge is 0.487 e. The van der Waals surface area contributed by atoms with E-state index in [-0.39, 0.29) is 11.9 Å². The Morgan fingerprint density at radius 3 is 2.51 bits per heavy atom. The van der Waals surface area contributed by atoms with E-state index in [1.54, 1.807) is 12.1 Å². The summed E-state index contributed by atoms with van der Waals surface area (Å²) < 4.78 is 22.8. The molecule has 1 atom stereocenters. The quantitative estimate of drug-likeness (QED) is 0.385. The molecule has 5 rings (SSSR count). The van der Waals surface area contributed by atoms with Gasteiger partial charge in [0.15, 0.2) is 11.5 Å². The maximum absolute atomic E-state index is 12.8. The predicted octanol–water partition coefficient (Wildman–Crippen LogP) is 5.49. The maximum atomic E-state index is 12.8. The molecule has 3 aromatic carbocycles. The number of oxazole rings is 1. The molecule has 0 fully saturated rings. The molecule has 0 spiro atoms. The van der Waals surface area contributed by atoms with Crippen LogP contribution in [-0.4, -0.2) is 24.1 Å². The molecule has 0 bridgehead atoms. The molecule has 1 aliphatic heterocycles. The van der Waals surface area contributed by atoms with Gasteiger partial charge in [-0.15, -0.1) is 0 Å². The molecular weight excluding hydrogens is 444 g/mol. The van der Waals surface area contributed by atoms with Crippen molar-refractivity contribution in [3.63, 3.8) is 0 Å². The standard InChI is InChI=1S/C28H26N2O5/c1-18(22-12-13-25-26(16-22)33-15-14-32-25)29-27(31)20-8-10-21(11-9-20)28-30-24(19(2)35-28)17-34-23-6-4-3-5-7-23/h3-13,16,18H,14-15,17H2,1-2H3,(H,29,31)/t18-/m0/s1. The van der Waals surface area contributed by atoms with Crippen molar-refractivity contribution in [2.45, 2.75) is 26.5 Å². The van der Waals surface area contributed by atoms with E-state index in [1.807, 2.05) is 74.5 Å². The molecule has 0 aliphatic carbocycles. The molecule has 0 saturated heterocycles. The van der Waals surface area contributed by atoms with Crippen molar-refractivity contribution in [1.29, 1.82) is 0 Å². The van der Waals surface area contributed by atoms with Gasteiger partial charge in [0.05, 0.1) is 6.04 Å². The number of nitrogens with one attached hydrogen (secondary N) is 1. The van der Waals surface area contributed by atoms with Crippen LogP contribution in [-0.2, 0) is 6.61 Å². The molecular formula is C28H26N2O5. The van der Waals surface area contributed by atoms with Gasteiger partial charge in [-0.05, 0) is 67.9 Å². The van der Waals surface area contributed by atoms with Crippen LogP contribution in [0.5, 0.6) is 17.2 Å². The van der Waals surface area contributed by atoms with Crippen LogP contribution in [0.4, 0.5) is 0 Å². The van der Waals surface area contributed by atoms with Gasteiger partial charge in [-0.25, -0.2) is 4.98 Å². The number of ether oxygens (including phenoxy) is 3. The third kappa shape index (κ3) is 5.14. The third-order valence-electron chi connectivity index (χ3n) is 5.82. The SMILES string of the molecule is Cc1oc(-c2ccc(C(=O)N[C@@H](C)c3ccc4c(c3)OCCO4)cc2)nc1COc1ccccc1. The van der Waals surface area contributed by atoms with E-state index in [0.717, 1.165) is 28.3 Å². The molecule has 35 heavy (non-hydrogen) atoms. The van der Waals surface area contributed by atoms with Crippen molar-refractivity contribution in [1.82, 2.24) is 10.3 Å². The van der Waals surface area contributed by atoms with Gasteiger partial charge in [-0.3, -0.25) is 4.79 Å². The van der Waals surface area contributed by atoms with E-state index in [1.165, 1.54) is 0 Å². The summed E-state index contributed by atoms with van der Waals surface area (Å²) in [4.78, 5) is 17.4. The van der Waals surface area contributed by atoms with E-state index in [0.29, 0.717) is 42.8 Å². The Morgan fingerprint density at radius 2 is 1.74 bits per heavy atom. The summed E-state index contributed by atoms with van der Waals surface area (Å²) >= 11 is 0. The number of aromatic nitrogens is 1. The molecule has 1 N–H and O–H groups in total. The van der Waals surface area contributed by atoms with Crippen LogP contribution in [0.1, 0.15) is 40.3 Å². The first-order valence-corrected chi connectivity index (χ1v) is 11.5. The first-order chi connectivity index (χ1) is 17.1. The number of hydrogen-bond acceptors (Lipinski definition) is 6. The maximum Gasteiger partial charge on any atom is 0.251 e. The van der Waals surface area contributed by atoms with Crippen molar-refractivity contribution in [2.24, 2.45) is 0 Å². The molecule has 1 aromatic heterocycles. The van der Waals surface area contributed by atoms with Gasteiger partial charge in [0, 0.05) is 11.1 Å². The average Bonchev–Trinajstić information content (AvgIpc) is 3.28. The number of rotatable bonds is 7. The molecule has 178 valence electrons. The lowest BCUT2D eigenvalue weighted by molar-refractivity contribution is 0.0939. The van der Waals surface area contributed by atoms with E-state index < -0.39 is 0 Å². The van der Waals surface area contributed by atoms with E-state index in [4.69, 9.17) is 18.6 Å². The third-order valence-corrected chi connectivity index (χ3v) is 5.82. The smallest absolute Gasteiger partial charge is 0.251 e. The lowest BCUT2D eigenvalue weighted by atomic mass is 10.1. The van der Waals surface area contributed by atoms with Gasteiger partial charge in [-0.2, -0.15) is 0 Å². The summed E-state index contributed by atoms with van der Waals surface area (Å²) in [6.45, 7) is 5.19. The van der Waals surface area contributed by atoms with Crippen molar-refractivity contribution in [3.8, 4) is 28.7 Å². The van der Waals surface area contributed by atoms with Crippen LogP contribution in [0.15, 0.2) is 77.2 Å². The van der Waals surface area contributed by atoms with Gasteiger partial charge in [-0.1, -0.05) is 24.3 Å². The van der Waals surface area contributed by atoms with E-state index >= 15 is 0 Å². The number of fused-ring (bicyclic) bond motifs is 1. The highest BCUT2D eigenvalue weighted by Crippen LogP contribution is 2.32. The minimum absolute atomic E-state index is 0.167. The fourth-order valence-electron chi connectivity index (χ4n) is 3.81. The Kier molecular flexibility index (Phi) is 6.39. The number of amides is 1. The number of hydrogen-bond donors (Lipinski definition) is 1. The van der Waals surface area contributed by atoms with Crippen molar-refractivity contribution < 1.29 is 23.4 Å². The normalized spacial score (nSPS) is 13.2. The Morgan fingerprint density at radius 1 is 1.00 bits per heavy atom. The summed E-state index contributed by atoms with van der Waals surface area (Å²) in [6, 6.07) is 22.3. The summed E-state index contributed by atoms with van der Waals surface area (Å²) in [6.07, 6.45) is 0. The monoisotopic (exact) mass is 470 g/mol. The Hall–Kier alpha value is -4.26. The Bertz CT molecular complexity index is 1320. The zero-order chi connectivity index (χ0) is 24.2. The lowest BCUT2D eigenvalue weighted by Crippen LogP contribution is -2.26. The molecule has 0 saturated carbocycles. The molecule has 4 aromatic rings. The number of aryl methyl sites for hydroxylation is 1. The van der Waals surface area contributed by atoms with Crippen molar-refractivity contribution in [2.75, 3.05) is 13.2 Å². The van der Waals surface area contributed by atoms with Gasteiger partial charge in [0.1, 0.15) is 37.0 Å². The molecule has 7 heteroatoms. The molecule has 0 unspecified atom stereocenters. The van der Waals surface area contributed by atoms with E-state index in [9.17, 15) is 4.79 Å². The minimum atomic E-state index is -0.195. The fourth-order valence-corrected chi connectivity index (χ4v) is 3.81. The first kappa shape index (κ1) is 22.5. The second-order valence-corrected chi connectivity index (χ2v) is 8.30. The highest BCUT2D eigenvalue weighted by molar-refractivity contribution is 5.94. The lowest BCUT2D eigenvalue weighted by Gasteiger charge is -2.21. The predicted molar refractivity (Wildman–Crippen MR) is 131 cm³/mol. The molecule has 2 heterocycles. The fraction of sp³-hybridized carbons (Fsp3) is 0.214. The second-order valence-electron chi connectivity index (χ2n) is 8.30. The number of para-hydroxylation sites is 1. The topological polar surface area (TPSA) is 82.8 Å². The number of nitrogens with zero attached hydrogens (tertiary/aromatic N) is 1. The number of carbonyl (C=O) groups is 1. The number of carbonyl (C=O) groups excluding carboxylic acids is 1. The zero-order valence-corrected chi connectivity index (χ0v) is 19.6. The molecule has 1 amide bonds. The van der Waals surface area contributed by atoms with Crippen molar-refractivity contribution in [3.05, 3.63) is 95.4 Å². The van der Waals surface area contributed by atoms with Crippen LogP contribution < -0.4 is 19.5 Å². The summed E-state index contributed by atoms with van der Waals surface area (Å²) in [5.41, 5.74) is 3.02. The Labute approximate surface area is 203 Å². The van der Waals surface area contributed by atoms with Crippen LogP contribution in [0.25, 0.3) is 11.5 Å². The average molecular weight is 471 g/mol. The van der Waals surface area contributed by atoms with Crippen molar-refractivity contribution >= 4 is 5.91 Å². The van der Waals surface area contributed by atoms with Crippen LogP contribution >= 0.6 is 0 Å². The van der Waals surface area contributed by atoms with E-state index in [2.05, 4.69) is 10.3 Å². The molecule has 0 radical (unpaired) electrons. The van der Waals surface area contributed by atoms with Crippen LogP contribution in [0.3, 0.4) is 0 Å². The zero-order valence-electron chi connectivity index (χ0n) is 19.6. The van der Waals surface area contributed by atoms with Crippen LogP contribution in [0.2, 0.25) is 0 Å². The Balaban J connectivity index is 1.23. The number of benzene rings is 3. The summed E-state index contributed by atoms with van der Waals surface area (Å²) in [5, 5.41) is 3.03. The second kappa shape index (κ2) is 9.93. The first-order valence-electron chi connectivity index (χ1n) is 11.5. The summed E-state index contributed by atoms with van der Waals surface area (Å²) in [5.74, 6) is 3.23. The van der Waals surface area contributed by atoms with Gasteiger partial charge >= 0.3 is 0 Å². The highest BCUT2D eigenvalue weighted by atomic mass is 16.6.